The van der Waals surface area contributed by atoms with Gasteiger partial charge in [0, 0.05) is 12.1 Å². The number of nitrogens with zero attached hydrogens (tertiary/aromatic N) is 1. The maximum Gasteiger partial charge on any atom is 0.251 e. The lowest BCUT2D eigenvalue weighted by Gasteiger charge is -2.22. The van der Waals surface area contributed by atoms with Gasteiger partial charge in [-0.25, -0.2) is 8.42 Å². The third-order valence-electron chi connectivity index (χ3n) is 4.63. The van der Waals surface area contributed by atoms with Gasteiger partial charge in [0.2, 0.25) is 10.0 Å². The van der Waals surface area contributed by atoms with Crippen molar-refractivity contribution in [2.75, 3.05) is 17.1 Å². The first kappa shape index (κ1) is 21.5. The first-order valence-electron chi connectivity index (χ1n) is 9.47. The number of amides is 1. The summed E-state index contributed by atoms with van der Waals surface area (Å²) >= 11 is 0. The Hall–Kier alpha value is -3.16. The van der Waals surface area contributed by atoms with Crippen LogP contribution in [0.25, 0.3) is 0 Å². The summed E-state index contributed by atoms with van der Waals surface area (Å²) in [6.45, 7) is 0.262. The van der Waals surface area contributed by atoms with Crippen molar-refractivity contribution in [1.29, 1.82) is 0 Å². The fourth-order valence-electron chi connectivity index (χ4n) is 3.01. The number of rotatable bonds is 8. The van der Waals surface area contributed by atoms with Gasteiger partial charge >= 0.3 is 0 Å². The number of nitrogens with one attached hydrogen (secondary N) is 1. The molecule has 1 amide bonds. The monoisotopic (exact) mass is 424 g/mol. The molecule has 0 aromatic heterocycles. The highest BCUT2D eigenvalue weighted by Gasteiger charge is 2.18. The molecule has 0 fully saturated rings. The van der Waals surface area contributed by atoms with Gasteiger partial charge in [-0.3, -0.25) is 9.10 Å². The van der Waals surface area contributed by atoms with Crippen molar-refractivity contribution in [2.24, 2.45) is 0 Å². The minimum absolute atomic E-state index is 0.0977. The Morgan fingerprint density at radius 2 is 1.50 bits per heavy atom. The summed E-state index contributed by atoms with van der Waals surface area (Å²) in [5, 5.41) is 12.9. The number of sulfonamides is 1. The molecule has 0 aliphatic heterocycles. The molecule has 30 heavy (non-hydrogen) atoms. The number of aliphatic hydroxyl groups excluding tert-OH is 1. The van der Waals surface area contributed by atoms with E-state index in [0.717, 1.165) is 11.1 Å². The number of hydrogen-bond donors (Lipinski definition) is 2. The predicted octanol–water partition coefficient (Wildman–Crippen LogP) is 3.12. The van der Waals surface area contributed by atoms with Crippen LogP contribution in [0.15, 0.2) is 84.9 Å². The fraction of sp³-hybridized carbons (Fsp3) is 0.174. The highest BCUT2D eigenvalue weighted by atomic mass is 32.2. The molecule has 1 atom stereocenters. The average molecular weight is 425 g/mol. The molecule has 7 heteroatoms. The van der Waals surface area contributed by atoms with E-state index in [1.165, 1.54) is 10.6 Å². The fourth-order valence-corrected chi connectivity index (χ4v) is 3.89. The Balaban J connectivity index is 1.64. The number of para-hydroxylation sites is 1. The molecule has 0 aliphatic carbocycles. The summed E-state index contributed by atoms with van der Waals surface area (Å²) in [6, 6.07) is 24.7. The highest BCUT2D eigenvalue weighted by molar-refractivity contribution is 7.92. The summed E-state index contributed by atoms with van der Waals surface area (Å²) in [5.74, 6) is -0.306. The zero-order valence-electron chi connectivity index (χ0n) is 16.6. The quantitative estimate of drug-likeness (QED) is 0.582. The average Bonchev–Trinajstić information content (AvgIpc) is 2.76. The van der Waals surface area contributed by atoms with E-state index in [1.54, 1.807) is 60.7 Å². The summed E-state index contributed by atoms with van der Waals surface area (Å²) < 4.78 is 25.7. The molecule has 3 aromatic carbocycles. The second kappa shape index (κ2) is 9.56. The van der Waals surface area contributed by atoms with Crippen LogP contribution in [0.4, 0.5) is 5.69 Å². The van der Waals surface area contributed by atoms with E-state index in [1.807, 2.05) is 24.3 Å². The number of carbonyl (C=O) groups is 1. The van der Waals surface area contributed by atoms with Crippen molar-refractivity contribution < 1.29 is 18.3 Å². The standard InChI is InChI=1S/C23H24N2O4S/c1-30(28,29)25(21-10-6-3-7-11-21)17-18-12-14-20(15-13-18)23(27)24-16-22(26)19-8-4-2-5-9-19/h2-15,22,26H,16-17H2,1H3,(H,24,27)/t22-/m0/s1. The summed E-state index contributed by atoms with van der Waals surface area (Å²) in [4.78, 5) is 12.4. The number of anilines is 1. The van der Waals surface area contributed by atoms with Crippen LogP contribution in [0.1, 0.15) is 27.6 Å². The third-order valence-corrected chi connectivity index (χ3v) is 5.77. The lowest BCUT2D eigenvalue weighted by molar-refractivity contribution is 0.0916. The minimum atomic E-state index is -3.46. The lowest BCUT2D eigenvalue weighted by atomic mass is 10.1. The van der Waals surface area contributed by atoms with Gasteiger partial charge in [-0.1, -0.05) is 60.7 Å². The molecule has 0 saturated heterocycles. The molecule has 0 heterocycles. The van der Waals surface area contributed by atoms with Crippen molar-refractivity contribution in [2.45, 2.75) is 12.6 Å². The Kier molecular flexibility index (Phi) is 6.87. The Morgan fingerprint density at radius 1 is 0.933 bits per heavy atom. The maximum atomic E-state index is 12.4. The maximum absolute atomic E-state index is 12.4. The van der Waals surface area contributed by atoms with Gasteiger partial charge in [-0.2, -0.15) is 0 Å². The van der Waals surface area contributed by atoms with Crippen LogP contribution in [0, 0.1) is 0 Å². The van der Waals surface area contributed by atoms with Crippen LogP contribution in [-0.4, -0.2) is 32.2 Å². The van der Waals surface area contributed by atoms with Gasteiger partial charge in [0.05, 0.1) is 24.6 Å². The van der Waals surface area contributed by atoms with E-state index < -0.39 is 16.1 Å². The Bertz CT molecular complexity index is 1070. The van der Waals surface area contributed by atoms with Crippen LogP contribution < -0.4 is 9.62 Å². The van der Waals surface area contributed by atoms with E-state index in [0.29, 0.717) is 11.3 Å². The normalized spacial score (nSPS) is 12.2. The number of hydrogen-bond acceptors (Lipinski definition) is 4. The van der Waals surface area contributed by atoms with Crippen LogP contribution in [0.5, 0.6) is 0 Å². The van der Waals surface area contributed by atoms with E-state index in [-0.39, 0.29) is 19.0 Å². The zero-order valence-corrected chi connectivity index (χ0v) is 17.4. The second-order valence-electron chi connectivity index (χ2n) is 6.94. The second-order valence-corrected chi connectivity index (χ2v) is 8.85. The molecule has 0 aliphatic rings. The first-order valence-corrected chi connectivity index (χ1v) is 11.3. The van der Waals surface area contributed by atoms with Crippen LogP contribution in [0.2, 0.25) is 0 Å². The van der Waals surface area contributed by atoms with Gasteiger partial charge in [0.15, 0.2) is 0 Å². The topological polar surface area (TPSA) is 86.7 Å². The van der Waals surface area contributed by atoms with E-state index in [9.17, 15) is 18.3 Å². The van der Waals surface area contributed by atoms with Gasteiger partial charge in [-0.15, -0.1) is 0 Å². The van der Waals surface area contributed by atoms with Crippen LogP contribution >= 0.6 is 0 Å². The molecule has 0 bridgehead atoms. The minimum Gasteiger partial charge on any atom is -0.387 e. The summed E-state index contributed by atoms with van der Waals surface area (Å²) in [7, 11) is -3.46. The number of aliphatic hydroxyl groups is 1. The number of benzene rings is 3. The molecular formula is C23H24N2O4S. The molecule has 156 valence electrons. The molecule has 3 rings (SSSR count). The zero-order chi connectivity index (χ0) is 21.6. The SMILES string of the molecule is CS(=O)(=O)N(Cc1ccc(C(=O)NC[C@H](O)c2ccccc2)cc1)c1ccccc1. The molecule has 0 saturated carbocycles. The first-order chi connectivity index (χ1) is 14.3. The van der Waals surface area contributed by atoms with E-state index in [4.69, 9.17) is 0 Å². The molecule has 0 radical (unpaired) electrons. The van der Waals surface area contributed by atoms with Crippen LogP contribution in [-0.2, 0) is 16.6 Å². The Morgan fingerprint density at radius 3 is 2.07 bits per heavy atom. The van der Waals surface area contributed by atoms with Crippen molar-refractivity contribution in [1.82, 2.24) is 5.32 Å². The van der Waals surface area contributed by atoms with Crippen molar-refractivity contribution in [3.63, 3.8) is 0 Å². The molecule has 0 unspecified atom stereocenters. The molecular weight excluding hydrogens is 400 g/mol. The summed E-state index contributed by atoms with van der Waals surface area (Å²) in [5.41, 5.74) is 2.50. The largest absolute Gasteiger partial charge is 0.387 e. The molecule has 2 N–H and O–H groups in total. The van der Waals surface area contributed by atoms with Crippen molar-refractivity contribution in [3.8, 4) is 0 Å². The van der Waals surface area contributed by atoms with E-state index >= 15 is 0 Å². The van der Waals surface area contributed by atoms with Crippen molar-refractivity contribution in [3.05, 3.63) is 102 Å². The van der Waals surface area contributed by atoms with E-state index in [2.05, 4.69) is 5.32 Å². The smallest absolute Gasteiger partial charge is 0.251 e. The van der Waals surface area contributed by atoms with Gasteiger partial charge in [0.1, 0.15) is 0 Å². The van der Waals surface area contributed by atoms with Crippen molar-refractivity contribution >= 4 is 21.6 Å². The molecule has 6 nitrogen and oxygen atoms in total. The molecule has 3 aromatic rings. The summed E-state index contributed by atoms with van der Waals surface area (Å²) in [6.07, 6.45) is 0.378. The molecule has 0 spiro atoms. The van der Waals surface area contributed by atoms with Crippen LogP contribution in [0.3, 0.4) is 0 Å². The van der Waals surface area contributed by atoms with Gasteiger partial charge in [-0.05, 0) is 35.4 Å². The van der Waals surface area contributed by atoms with Gasteiger partial charge in [0.25, 0.3) is 5.91 Å². The Labute approximate surface area is 176 Å². The third kappa shape index (κ3) is 5.68. The highest BCUT2D eigenvalue weighted by Crippen LogP contribution is 2.20. The predicted molar refractivity (Wildman–Crippen MR) is 118 cm³/mol. The van der Waals surface area contributed by atoms with Gasteiger partial charge < -0.3 is 10.4 Å². The number of carbonyl (C=O) groups excluding carboxylic acids is 1. The lowest BCUT2D eigenvalue weighted by Crippen LogP contribution is -2.29.